The number of nitrogen functional groups attached to an aromatic ring is 1. The summed E-state index contributed by atoms with van der Waals surface area (Å²) in [5, 5.41) is 8.94. The van der Waals surface area contributed by atoms with Crippen molar-refractivity contribution in [1.29, 1.82) is 0 Å². The van der Waals surface area contributed by atoms with E-state index < -0.39 is 0 Å². The van der Waals surface area contributed by atoms with Crippen LogP contribution in [0.25, 0.3) is 0 Å². The van der Waals surface area contributed by atoms with E-state index in [4.69, 9.17) is 10.9 Å². The highest BCUT2D eigenvalue weighted by Gasteiger charge is 1.99. The number of hydrogen-bond donors (Lipinski definition) is 3. The van der Waals surface area contributed by atoms with Gasteiger partial charge in [0.2, 0.25) is 0 Å². The second-order valence-corrected chi connectivity index (χ2v) is 4.68. The van der Waals surface area contributed by atoms with Gasteiger partial charge in [0.1, 0.15) is 0 Å². The number of anilines is 1. The quantitative estimate of drug-likeness (QED) is 0.431. The monoisotopic (exact) mass is 262 g/mol. The summed E-state index contributed by atoms with van der Waals surface area (Å²) in [4.78, 5) is 9.46. The van der Waals surface area contributed by atoms with E-state index in [0.29, 0.717) is 5.82 Å². The molecule has 18 heavy (non-hydrogen) atoms. The van der Waals surface area contributed by atoms with Crippen molar-refractivity contribution in [2.45, 2.75) is 17.3 Å². The van der Waals surface area contributed by atoms with Gasteiger partial charge in [-0.25, -0.2) is 10.8 Å². The minimum atomic E-state index is 0.0734. The van der Waals surface area contributed by atoms with Crippen molar-refractivity contribution in [2.24, 2.45) is 5.84 Å². The van der Waals surface area contributed by atoms with Gasteiger partial charge < -0.3 is 10.5 Å². The molecule has 0 spiro atoms. The van der Waals surface area contributed by atoms with Gasteiger partial charge in [-0.05, 0) is 17.7 Å². The largest absolute Gasteiger partial charge is 0.392 e. The number of hydrogen-bond acceptors (Lipinski definition) is 6. The van der Waals surface area contributed by atoms with E-state index in [0.717, 1.165) is 21.9 Å². The average molecular weight is 262 g/mol. The zero-order chi connectivity index (χ0) is 12.8. The molecule has 1 aromatic heterocycles. The van der Waals surface area contributed by atoms with Crippen LogP contribution in [0, 0.1) is 0 Å². The van der Waals surface area contributed by atoms with Gasteiger partial charge in [0.05, 0.1) is 24.7 Å². The standard InChI is InChI=1S/C12H14N4OS/c13-16-12-6-14-10(5-15-12)8-18-11-3-1-9(7-17)2-4-11/h1-6,17H,7-8,13H2,(H,15,16). The maximum absolute atomic E-state index is 8.94. The lowest BCUT2D eigenvalue weighted by Crippen LogP contribution is -2.08. The average Bonchev–Trinajstić information content (AvgIpc) is 2.46. The fourth-order valence-corrected chi connectivity index (χ4v) is 2.14. The fraction of sp³-hybridized carbons (Fsp3) is 0.167. The van der Waals surface area contributed by atoms with Crippen molar-refractivity contribution in [3.63, 3.8) is 0 Å². The molecule has 0 bridgehead atoms. The van der Waals surface area contributed by atoms with Gasteiger partial charge in [-0.2, -0.15) is 0 Å². The second-order valence-electron chi connectivity index (χ2n) is 3.63. The van der Waals surface area contributed by atoms with Crippen LogP contribution in [0.2, 0.25) is 0 Å². The number of nitrogens with two attached hydrogens (primary N) is 1. The summed E-state index contributed by atoms with van der Waals surface area (Å²) < 4.78 is 0. The Morgan fingerprint density at radius 1 is 1.17 bits per heavy atom. The predicted octanol–water partition coefficient (Wildman–Crippen LogP) is 1.55. The molecule has 0 aliphatic heterocycles. The number of aliphatic hydroxyl groups excluding tert-OH is 1. The van der Waals surface area contributed by atoms with Crippen molar-refractivity contribution in [3.05, 3.63) is 47.9 Å². The first-order chi connectivity index (χ1) is 8.81. The number of thioether (sulfide) groups is 1. The van der Waals surface area contributed by atoms with E-state index in [2.05, 4.69) is 15.4 Å². The lowest BCUT2D eigenvalue weighted by Gasteiger charge is -2.03. The Morgan fingerprint density at radius 2 is 1.94 bits per heavy atom. The Balaban J connectivity index is 1.93. The molecule has 4 N–H and O–H groups in total. The Kier molecular flexibility index (Phi) is 4.52. The second kappa shape index (κ2) is 6.34. The van der Waals surface area contributed by atoms with Crippen LogP contribution in [0.3, 0.4) is 0 Å². The Labute approximate surface area is 109 Å². The molecule has 0 saturated carbocycles. The van der Waals surface area contributed by atoms with Crippen LogP contribution in [0.5, 0.6) is 0 Å². The summed E-state index contributed by atoms with van der Waals surface area (Å²) in [5.74, 6) is 6.51. The SMILES string of the molecule is NNc1cnc(CSc2ccc(CO)cc2)cn1. The fourth-order valence-electron chi connectivity index (χ4n) is 1.35. The van der Waals surface area contributed by atoms with Crippen LogP contribution < -0.4 is 11.3 Å². The van der Waals surface area contributed by atoms with Gasteiger partial charge in [0.15, 0.2) is 5.82 Å². The van der Waals surface area contributed by atoms with Crippen molar-refractivity contribution in [1.82, 2.24) is 9.97 Å². The van der Waals surface area contributed by atoms with Crippen LogP contribution in [0.15, 0.2) is 41.6 Å². The van der Waals surface area contributed by atoms with Crippen LogP contribution in [0.4, 0.5) is 5.82 Å². The maximum atomic E-state index is 8.94. The third-order valence-electron chi connectivity index (χ3n) is 2.35. The Bertz CT molecular complexity index is 439. The zero-order valence-corrected chi connectivity index (χ0v) is 10.5. The molecule has 94 valence electrons. The van der Waals surface area contributed by atoms with Gasteiger partial charge in [0.25, 0.3) is 0 Å². The predicted molar refractivity (Wildman–Crippen MR) is 71.8 cm³/mol. The van der Waals surface area contributed by atoms with Gasteiger partial charge >= 0.3 is 0 Å². The zero-order valence-electron chi connectivity index (χ0n) is 9.71. The first-order valence-electron chi connectivity index (χ1n) is 5.42. The molecule has 0 amide bonds. The molecule has 1 heterocycles. The molecule has 0 unspecified atom stereocenters. The van der Waals surface area contributed by atoms with E-state index in [9.17, 15) is 0 Å². The number of benzene rings is 1. The molecule has 2 rings (SSSR count). The van der Waals surface area contributed by atoms with Crippen molar-refractivity contribution in [2.75, 3.05) is 5.43 Å². The minimum Gasteiger partial charge on any atom is -0.392 e. The summed E-state index contributed by atoms with van der Waals surface area (Å²) in [7, 11) is 0. The minimum absolute atomic E-state index is 0.0734. The van der Waals surface area contributed by atoms with Gasteiger partial charge in [-0.3, -0.25) is 4.98 Å². The molecule has 0 aliphatic rings. The Morgan fingerprint density at radius 3 is 2.50 bits per heavy atom. The molecule has 1 aromatic carbocycles. The summed E-state index contributed by atoms with van der Waals surface area (Å²) in [6, 6.07) is 7.80. The van der Waals surface area contributed by atoms with Crippen molar-refractivity contribution < 1.29 is 5.11 Å². The Hall–Kier alpha value is -1.63. The normalized spacial score (nSPS) is 10.3. The van der Waals surface area contributed by atoms with E-state index in [-0.39, 0.29) is 6.61 Å². The molecule has 6 heteroatoms. The third-order valence-corrected chi connectivity index (χ3v) is 3.39. The molecule has 0 fully saturated rings. The number of rotatable bonds is 5. The van der Waals surface area contributed by atoms with Gasteiger partial charge in [-0.15, -0.1) is 11.8 Å². The van der Waals surface area contributed by atoms with Crippen LogP contribution in [0.1, 0.15) is 11.3 Å². The lowest BCUT2D eigenvalue weighted by atomic mass is 10.2. The number of hydrazine groups is 1. The highest BCUT2D eigenvalue weighted by atomic mass is 32.2. The summed E-state index contributed by atoms with van der Waals surface area (Å²) in [5.41, 5.74) is 4.24. The molecular weight excluding hydrogens is 248 g/mol. The van der Waals surface area contributed by atoms with E-state index in [1.807, 2.05) is 24.3 Å². The molecule has 0 radical (unpaired) electrons. The van der Waals surface area contributed by atoms with E-state index in [1.54, 1.807) is 24.2 Å². The smallest absolute Gasteiger partial charge is 0.158 e. The maximum Gasteiger partial charge on any atom is 0.158 e. The highest BCUT2D eigenvalue weighted by molar-refractivity contribution is 7.98. The van der Waals surface area contributed by atoms with E-state index in [1.165, 1.54) is 0 Å². The third kappa shape index (κ3) is 3.43. The lowest BCUT2D eigenvalue weighted by molar-refractivity contribution is 0.282. The van der Waals surface area contributed by atoms with Crippen molar-refractivity contribution >= 4 is 17.6 Å². The van der Waals surface area contributed by atoms with Gasteiger partial charge in [0, 0.05) is 10.6 Å². The number of aromatic nitrogens is 2. The number of aliphatic hydroxyl groups is 1. The molecule has 5 nitrogen and oxygen atoms in total. The molecular formula is C12H14N4OS. The summed E-state index contributed by atoms with van der Waals surface area (Å²) >= 11 is 1.67. The molecule has 0 atom stereocenters. The molecule has 0 aliphatic carbocycles. The molecule has 2 aromatic rings. The first kappa shape index (κ1) is 12.8. The number of nitrogens with one attached hydrogen (secondary N) is 1. The van der Waals surface area contributed by atoms with Crippen LogP contribution >= 0.6 is 11.8 Å². The summed E-state index contributed by atoms with van der Waals surface area (Å²) in [6.45, 7) is 0.0734. The van der Waals surface area contributed by atoms with Crippen LogP contribution in [-0.2, 0) is 12.4 Å². The topological polar surface area (TPSA) is 84.1 Å². The van der Waals surface area contributed by atoms with Crippen LogP contribution in [-0.4, -0.2) is 15.1 Å². The van der Waals surface area contributed by atoms with Crippen molar-refractivity contribution in [3.8, 4) is 0 Å². The molecule has 0 saturated heterocycles. The van der Waals surface area contributed by atoms with E-state index >= 15 is 0 Å². The summed E-state index contributed by atoms with van der Waals surface area (Å²) in [6.07, 6.45) is 3.30. The first-order valence-corrected chi connectivity index (χ1v) is 6.40. The number of nitrogens with zero attached hydrogens (tertiary/aromatic N) is 2. The highest BCUT2D eigenvalue weighted by Crippen LogP contribution is 2.22. The van der Waals surface area contributed by atoms with Gasteiger partial charge in [-0.1, -0.05) is 12.1 Å².